The molecule has 0 saturated carbocycles. The van der Waals surface area contributed by atoms with Crippen molar-refractivity contribution < 1.29 is 22.3 Å². The van der Waals surface area contributed by atoms with E-state index >= 15 is 0 Å². The molecule has 0 unspecified atom stereocenters. The average molecular weight is 365 g/mol. The van der Waals surface area contributed by atoms with Gasteiger partial charge in [-0.25, -0.2) is 12.8 Å². The monoisotopic (exact) mass is 365 g/mol. The van der Waals surface area contributed by atoms with E-state index in [1.54, 1.807) is 6.92 Å². The molecule has 1 heterocycles. The van der Waals surface area contributed by atoms with Gasteiger partial charge in [0.05, 0.1) is 24.2 Å². The zero-order valence-electron chi connectivity index (χ0n) is 13.9. The molecule has 3 rings (SSSR count). The third kappa shape index (κ3) is 3.84. The molecule has 0 spiro atoms. The summed E-state index contributed by atoms with van der Waals surface area (Å²) in [5.74, 6) is -0.638. The molecular weight excluding hydrogens is 345 g/mol. The Morgan fingerprint density at radius 2 is 2.00 bits per heavy atom. The van der Waals surface area contributed by atoms with Crippen molar-refractivity contribution in [3.05, 3.63) is 59.9 Å². The van der Waals surface area contributed by atoms with Crippen LogP contribution in [0.2, 0.25) is 0 Å². The van der Waals surface area contributed by atoms with Crippen molar-refractivity contribution in [3.8, 4) is 5.75 Å². The van der Waals surface area contributed by atoms with Crippen LogP contribution >= 0.6 is 0 Å². The van der Waals surface area contributed by atoms with Gasteiger partial charge in [-0.2, -0.15) is 4.31 Å². The first-order valence-corrected chi connectivity index (χ1v) is 9.55. The number of rotatable bonds is 5. The summed E-state index contributed by atoms with van der Waals surface area (Å²) < 4.78 is 51.9. The second-order valence-electron chi connectivity index (χ2n) is 5.66. The van der Waals surface area contributed by atoms with E-state index < -0.39 is 15.8 Å². The Bertz CT molecular complexity index is 826. The minimum Gasteiger partial charge on any atom is -0.491 e. The van der Waals surface area contributed by atoms with Crippen LogP contribution in [0.5, 0.6) is 5.75 Å². The van der Waals surface area contributed by atoms with E-state index in [1.807, 2.05) is 30.3 Å². The first-order valence-electron chi connectivity index (χ1n) is 8.11. The highest BCUT2D eigenvalue weighted by Crippen LogP contribution is 2.28. The summed E-state index contributed by atoms with van der Waals surface area (Å²) in [4.78, 5) is -0.0813. The predicted molar refractivity (Wildman–Crippen MR) is 91.5 cm³/mol. The molecule has 1 atom stereocenters. The van der Waals surface area contributed by atoms with Crippen LogP contribution in [0, 0.1) is 5.82 Å². The van der Waals surface area contributed by atoms with Crippen molar-refractivity contribution in [1.29, 1.82) is 0 Å². The van der Waals surface area contributed by atoms with Crippen LogP contribution in [-0.2, 0) is 14.8 Å². The fourth-order valence-corrected chi connectivity index (χ4v) is 4.21. The Morgan fingerprint density at radius 3 is 2.68 bits per heavy atom. The van der Waals surface area contributed by atoms with Gasteiger partial charge in [0.1, 0.15) is 0 Å². The number of nitrogens with zero attached hydrogens (tertiary/aromatic N) is 1. The zero-order valence-corrected chi connectivity index (χ0v) is 14.7. The first kappa shape index (κ1) is 17.8. The molecule has 0 N–H and O–H groups in total. The van der Waals surface area contributed by atoms with E-state index in [9.17, 15) is 12.8 Å². The van der Waals surface area contributed by atoms with Gasteiger partial charge in [0, 0.05) is 13.1 Å². The van der Waals surface area contributed by atoms with E-state index in [4.69, 9.17) is 9.47 Å². The summed E-state index contributed by atoms with van der Waals surface area (Å²) in [6.45, 7) is 2.77. The maximum atomic E-state index is 14.0. The van der Waals surface area contributed by atoms with E-state index in [-0.39, 0.29) is 36.4 Å². The maximum absolute atomic E-state index is 14.0. The normalized spacial score (nSPS) is 18.9. The Labute approximate surface area is 147 Å². The fraction of sp³-hybridized carbons (Fsp3) is 0.333. The molecule has 2 aromatic carbocycles. The molecule has 7 heteroatoms. The number of halogens is 1. The fourth-order valence-electron chi connectivity index (χ4n) is 2.78. The van der Waals surface area contributed by atoms with Gasteiger partial charge in [0.2, 0.25) is 10.0 Å². The molecule has 0 amide bonds. The second kappa shape index (κ2) is 7.51. The van der Waals surface area contributed by atoms with Crippen molar-refractivity contribution >= 4 is 10.0 Å². The largest absolute Gasteiger partial charge is 0.491 e. The zero-order chi connectivity index (χ0) is 17.9. The third-order valence-electron chi connectivity index (χ3n) is 4.04. The number of sulfonamides is 1. The number of morpholine rings is 1. The summed E-state index contributed by atoms with van der Waals surface area (Å²) in [7, 11) is -3.80. The smallest absolute Gasteiger partial charge is 0.243 e. The molecule has 5 nitrogen and oxygen atoms in total. The molecule has 25 heavy (non-hydrogen) atoms. The molecule has 0 aromatic heterocycles. The van der Waals surface area contributed by atoms with Crippen LogP contribution in [0.4, 0.5) is 4.39 Å². The molecule has 134 valence electrons. The molecule has 0 radical (unpaired) electrons. The number of benzene rings is 2. The lowest BCUT2D eigenvalue weighted by Gasteiger charge is -2.32. The lowest BCUT2D eigenvalue weighted by molar-refractivity contribution is -0.00255. The Hall–Kier alpha value is -1.96. The minimum atomic E-state index is -3.80. The summed E-state index contributed by atoms with van der Waals surface area (Å²) in [5.41, 5.74) is 0.917. The van der Waals surface area contributed by atoms with Crippen molar-refractivity contribution in [3.63, 3.8) is 0 Å². The maximum Gasteiger partial charge on any atom is 0.243 e. The van der Waals surface area contributed by atoms with Crippen LogP contribution in [0.25, 0.3) is 0 Å². The molecule has 1 fully saturated rings. The molecule has 0 bridgehead atoms. The van der Waals surface area contributed by atoms with E-state index in [0.717, 1.165) is 11.6 Å². The molecule has 1 aliphatic rings. The van der Waals surface area contributed by atoms with Crippen LogP contribution in [0.1, 0.15) is 18.6 Å². The first-order chi connectivity index (χ1) is 12.0. The Balaban J connectivity index is 1.83. The van der Waals surface area contributed by atoms with E-state index in [1.165, 1.54) is 16.4 Å². The van der Waals surface area contributed by atoms with Crippen molar-refractivity contribution in [1.82, 2.24) is 4.31 Å². The molecule has 0 aliphatic carbocycles. The van der Waals surface area contributed by atoms with Gasteiger partial charge in [-0.3, -0.25) is 0 Å². The Kier molecular flexibility index (Phi) is 5.36. The van der Waals surface area contributed by atoms with Crippen molar-refractivity contribution in [2.45, 2.75) is 17.9 Å². The van der Waals surface area contributed by atoms with E-state index in [0.29, 0.717) is 6.61 Å². The number of hydrogen-bond acceptors (Lipinski definition) is 4. The predicted octanol–water partition coefficient (Wildman–Crippen LogP) is 2.99. The summed E-state index contributed by atoms with van der Waals surface area (Å²) >= 11 is 0. The van der Waals surface area contributed by atoms with E-state index in [2.05, 4.69) is 0 Å². The van der Waals surface area contributed by atoms with Crippen LogP contribution in [0.15, 0.2) is 53.4 Å². The average Bonchev–Trinajstić information content (AvgIpc) is 2.64. The van der Waals surface area contributed by atoms with Crippen molar-refractivity contribution in [2.24, 2.45) is 0 Å². The Morgan fingerprint density at radius 1 is 1.24 bits per heavy atom. The summed E-state index contributed by atoms with van der Waals surface area (Å²) in [6, 6.07) is 13.2. The van der Waals surface area contributed by atoms with Gasteiger partial charge in [-0.15, -0.1) is 0 Å². The second-order valence-corrected chi connectivity index (χ2v) is 7.60. The topological polar surface area (TPSA) is 55.8 Å². The molecular formula is C18H20FNO4S. The standard InChI is InChI=1S/C18H20FNO4S/c1-2-23-17-9-8-15(12-16(17)19)25(21,22)20-10-11-24-18(13-20)14-6-4-3-5-7-14/h3-9,12,18H,2,10-11,13H2,1H3/t18-/m1/s1. The SMILES string of the molecule is CCOc1ccc(S(=O)(=O)N2CCO[C@@H](c3ccccc3)C2)cc1F. The van der Waals surface area contributed by atoms with Gasteiger partial charge in [-0.05, 0) is 30.7 Å². The number of hydrogen-bond donors (Lipinski definition) is 0. The van der Waals surface area contributed by atoms with Crippen LogP contribution < -0.4 is 4.74 Å². The molecule has 2 aromatic rings. The van der Waals surface area contributed by atoms with Gasteiger partial charge < -0.3 is 9.47 Å². The third-order valence-corrected chi connectivity index (χ3v) is 5.90. The van der Waals surface area contributed by atoms with Gasteiger partial charge >= 0.3 is 0 Å². The highest BCUT2D eigenvalue weighted by Gasteiger charge is 2.32. The summed E-state index contributed by atoms with van der Waals surface area (Å²) in [5, 5.41) is 0. The van der Waals surface area contributed by atoms with Crippen LogP contribution in [-0.4, -0.2) is 39.0 Å². The highest BCUT2D eigenvalue weighted by atomic mass is 32.2. The van der Waals surface area contributed by atoms with Gasteiger partial charge in [0.25, 0.3) is 0 Å². The van der Waals surface area contributed by atoms with Gasteiger partial charge in [-0.1, -0.05) is 30.3 Å². The minimum absolute atomic E-state index is 0.0468. The molecule has 1 saturated heterocycles. The lowest BCUT2D eigenvalue weighted by atomic mass is 10.1. The lowest BCUT2D eigenvalue weighted by Crippen LogP contribution is -2.42. The summed E-state index contributed by atoms with van der Waals surface area (Å²) in [6.07, 6.45) is -0.336. The quantitative estimate of drug-likeness (QED) is 0.817. The van der Waals surface area contributed by atoms with Gasteiger partial charge in [0.15, 0.2) is 11.6 Å². The number of ether oxygens (including phenoxy) is 2. The molecule has 1 aliphatic heterocycles. The highest BCUT2D eigenvalue weighted by molar-refractivity contribution is 7.89. The van der Waals surface area contributed by atoms with Crippen molar-refractivity contribution in [2.75, 3.05) is 26.3 Å². The van der Waals surface area contributed by atoms with Crippen LogP contribution in [0.3, 0.4) is 0 Å².